The average molecular weight is 224 g/mol. The van der Waals surface area contributed by atoms with Crippen LogP contribution in [0.4, 0.5) is 0 Å². The van der Waals surface area contributed by atoms with Gasteiger partial charge in [0.2, 0.25) is 0 Å². The van der Waals surface area contributed by atoms with E-state index in [0.29, 0.717) is 0 Å². The summed E-state index contributed by atoms with van der Waals surface area (Å²) < 4.78 is 0. The van der Waals surface area contributed by atoms with E-state index in [4.69, 9.17) is 0 Å². The highest BCUT2D eigenvalue weighted by molar-refractivity contribution is 5.94. The molecule has 0 unspecified atom stereocenters. The molecule has 0 heterocycles. The Morgan fingerprint density at radius 3 is 1.76 bits per heavy atom. The lowest BCUT2D eigenvalue weighted by atomic mass is 10.0. The largest absolute Gasteiger partial charge is 0.295 e. The molecule has 1 nitrogen and oxygen atoms in total. The van der Waals surface area contributed by atoms with Gasteiger partial charge in [-0.15, -0.1) is 0 Å². The van der Waals surface area contributed by atoms with Crippen molar-refractivity contribution in [3.63, 3.8) is 0 Å². The van der Waals surface area contributed by atoms with Gasteiger partial charge in [-0.05, 0) is 30.0 Å². The zero-order valence-corrected chi connectivity index (χ0v) is 10.2. The SMILES string of the molecule is CCc1ccc(-c2ccc(C(C)=O)cc2)cc1. The van der Waals surface area contributed by atoms with E-state index in [2.05, 4.69) is 31.2 Å². The Hall–Kier alpha value is -1.89. The molecular formula is C16H16O. The molecule has 17 heavy (non-hydrogen) atoms. The molecule has 2 rings (SSSR count). The van der Waals surface area contributed by atoms with Gasteiger partial charge in [-0.3, -0.25) is 4.79 Å². The second-order valence-corrected chi connectivity index (χ2v) is 4.18. The first-order valence-corrected chi connectivity index (χ1v) is 5.91. The minimum atomic E-state index is 0.109. The smallest absolute Gasteiger partial charge is 0.159 e. The van der Waals surface area contributed by atoms with Crippen LogP contribution in [0.1, 0.15) is 29.8 Å². The molecule has 0 aliphatic carbocycles. The van der Waals surface area contributed by atoms with Crippen LogP contribution in [0.25, 0.3) is 11.1 Å². The van der Waals surface area contributed by atoms with Gasteiger partial charge in [-0.2, -0.15) is 0 Å². The zero-order chi connectivity index (χ0) is 12.3. The molecule has 0 saturated heterocycles. The molecule has 1 heteroatoms. The molecule has 0 radical (unpaired) electrons. The van der Waals surface area contributed by atoms with Crippen molar-refractivity contribution in [3.8, 4) is 11.1 Å². The molecular weight excluding hydrogens is 208 g/mol. The molecule has 0 N–H and O–H groups in total. The second-order valence-electron chi connectivity index (χ2n) is 4.18. The van der Waals surface area contributed by atoms with E-state index in [1.807, 2.05) is 24.3 Å². The zero-order valence-electron chi connectivity index (χ0n) is 10.2. The van der Waals surface area contributed by atoms with Crippen molar-refractivity contribution in [2.24, 2.45) is 0 Å². The van der Waals surface area contributed by atoms with E-state index >= 15 is 0 Å². The van der Waals surface area contributed by atoms with Gasteiger partial charge >= 0.3 is 0 Å². The van der Waals surface area contributed by atoms with E-state index in [1.165, 1.54) is 11.1 Å². The van der Waals surface area contributed by atoms with Gasteiger partial charge in [-0.1, -0.05) is 55.5 Å². The Morgan fingerprint density at radius 1 is 0.882 bits per heavy atom. The standard InChI is InChI=1S/C16H16O/c1-3-13-4-6-15(7-5-13)16-10-8-14(9-11-16)12(2)17/h4-11H,3H2,1-2H3. The summed E-state index contributed by atoms with van der Waals surface area (Å²) >= 11 is 0. The average Bonchev–Trinajstić information content (AvgIpc) is 2.39. The Labute approximate surface area is 102 Å². The summed E-state index contributed by atoms with van der Waals surface area (Å²) in [7, 11) is 0. The highest BCUT2D eigenvalue weighted by Crippen LogP contribution is 2.20. The van der Waals surface area contributed by atoms with E-state index in [-0.39, 0.29) is 5.78 Å². The first-order valence-electron chi connectivity index (χ1n) is 5.91. The van der Waals surface area contributed by atoms with Crippen LogP contribution in [-0.2, 0) is 6.42 Å². The lowest BCUT2D eigenvalue weighted by molar-refractivity contribution is 0.101. The quantitative estimate of drug-likeness (QED) is 0.717. The van der Waals surface area contributed by atoms with Crippen LogP contribution in [0.5, 0.6) is 0 Å². The van der Waals surface area contributed by atoms with Crippen LogP contribution in [0.2, 0.25) is 0 Å². The summed E-state index contributed by atoms with van der Waals surface area (Å²) in [5, 5.41) is 0. The lowest BCUT2D eigenvalue weighted by Gasteiger charge is -2.04. The van der Waals surface area contributed by atoms with Crippen molar-refractivity contribution in [1.82, 2.24) is 0 Å². The highest BCUT2D eigenvalue weighted by Gasteiger charge is 2.00. The molecule has 2 aromatic rings. The molecule has 0 saturated carbocycles. The molecule has 0 aromatic heterocycles. The molecule has 0 atom stereocenters. The third kappa shape index (κ3) is 2.62. The van der Waals surface area contributed by atoms with E-state index < -0.39 is 0 Å². The maximum atomic E-state index is 11.2. The highest BCUT2D eigenvalue weighted by atomic mass is 16.1. The number of Topliss-reactive ketones (excluding diaryl/α,β-unsaturated/α-hetero) is 1. The number of ketones is 1. The number of benzene rings is 2. The summed E-state index contributed by atoms with van der Waals surface area (Å²) in [6, 6.07) is 16.3. The second kappa shape index (κ2) is 4.96. The Balaban J connectivity index is 2.29. The predicted molar refractivity (Wildman–Crippen MR) is 71.3 cm³/mol. The Morgan fingerprint density at radius 2 is 1.35 bits per heavy atom. The summed E-state index contributed by atoms with van der Waals surface area (Å²) in [6.07, 6.45) is 1.06. The van der Waals surface area contributed by atoms with Crippen molar-refractivity contribution in [1.29, 1.82) is 0 Å². The van der Waals surface area contributed by atoms with Crippen molar-refractivity contribution < 1.29 is 4.79 Å². The summed E-state index contributed by atoms with van der Waals surface area (Å²) in [6.45, 7) is 3.74. The maximum absolute atomic E-state index is 11.2. The Kier molecular flexibility index (Phi) is 3.38. The van der Waals surface area contributed by atoms with E-state index in [0.717, 1.165) is 17.5 Å². The fourth-order valence-electron chi connectivity index (χ4n) is 1.83. The molecule has 86 valence electrons. The summed E-state index contributed by atoms with van der Waals surface area (Å²) in [5.41, 5.74) is 4.45. The maximum Gasteiger partial charge on any atom is 0.159 e. The first kappa shape index (κ1) is 11.6. The Bertz CT molecular complexity index is 506. The molecule has 0 aliphatic rings. The van der Waals surface area contributed by atoms with Gasteiger partial charge in [0, 0.05) is 5.56 Å². The molecule has 0 amide bonds. The van der Waals surface area contributed by atoms with Crippen molar-refractivity contribution >= 4 is 5.78 Å². The summed E-state index contributed by atoms with van der Waals surface area (Å²) in [5.74, 6) is 0.109. The first-order chi connectivity index (χ1) is 8.20. The monoisotopic (exact) mass is 224 g/mol. The van der Waals surface area contributed by atoms with Crippen LogP contribution in [0.15, 0.2) is 48.5 Å². The van der Waals surface area contributed by atoms with Gasteiger partial charge < -0.3 is 0 Å². The predicted octanol–water partition coefficient (Wildman–Crippen LogP) is 4.12. The van der Waals surface area contributed by atoms with E-state index in [9.17, 15) is 4.79 Å². The van der Waals surface area contributed by atoms with Crippen LogP contribution in [0.3, 0.4) is 0 Å². The fraction of sp³-hybridized carbons (Fsp3) is 0.188. The summed E-state index contributed by atoms with van der Waals surface area (Å²) in [4.78, 5) is 11.2. The van der Waals surface area contributed by atoms with Gasteiger partial charge in [0.15, 0.2) is 5.78 Å². The minimum absolute atomic E-state index is 0.109. The van der Waals surface area contributed by atoms with Crippen LogP contribution >= 0.6 is 0 Å². The van der Waals surface area contributed by atoms with Crippen LogP contribution in [0, 0.1) is 0 Å². The van der Waals surface area contributed by atoms with Gasteiger partial charge in [0.25, 0.3) is 0 Å². The normalized spacial score (nSPS) is 10.2. The van der Waals surface area contributed by atoms with Crippen LogP contribution < -0.4 is 0 Å². The lowest BCUT2D eigenvalue weighted by Crippen LogP contribution is -1.90. The topological polar surface area (TPSA) is 17.1 Å². The number of hydrogen-bond acceptors (Lipinski definition) is 1. The fourth-order valence-corrected chi connectivity index (χ4v) is 1.83. The van der Waals surface area contributed by atoms with Gasteiger partial charge in [0.05, 0.1) is 0 Å². The number of aryl methyl sites for hydroxylation is 1. The number of carbonyl (C=O) groups excluding carboxylic acids is 1. The van der Waals surface area contributed by atoms with Gasteiger partial charge in [0.1, 0.15) is 0 Å². The van der Waals surface area contributed by atoms with Crippen LogP contribution in [-0.4, -0.2) is 5.78 Å². The molecule has 0 fully saturated rings. The molecule has 0 spiro atoms. The molecule has 0 aliphatic heterocycles. The number of rotatable bonds is 3. The van der Waals surface area contributed by atoms with Crippen molar-refractivity contribution in [2.45, 2.75) is 20.3 Å². The van der Waals surface area contributed by atoms with E-state index in [1.54, 1.807) is 6.92 Å². The third-order valence-corrected chi connectivity index (χ3v) is 2.99. The van der Waals surface area contributed by atoms with Crippen molar-refractivity contribution in [3.05, 3.63) is 59.7 Å². The van der Waals surface area contributed by atoms with Crippen molar-refractivity contribution in [2.75, 3.05) is 0 Å². The molecule has 2 aromatic carbocycles. The minimum Gasteiger partial charge on any atom is -0.295 e. The number of carbonyl (C=O) groups is 1. The van der Waals surface area contributed by atoms with Gasteiger partial charge in [-0.25, -0.2) is 0 Å². The third-order valence-electron chi connectivity index (χ3n) is 2.99. The number of hydrogen-bond donors (Lipinski definition) is 0. The molecule has 0 bridgehead atoms.